The van der Waals surface area contributed by atoms with Crippen LogP contribution in [0.1, 0.15) is 76.9 Å². The molecule has 0 saturated carbocycles. The highest BCUT2D eigenvalue weighted by molar-refractivity contribution is 7.14. The molecule has 0 radical (unpaired) electrons. The lowest BCUT2D eigenvalue weighted by Gasteiger charge is -2.21. The van der Waals surface area contributed by atoms with Gasteiger partial charge in [0.15, 0.2) is 5.13 Å². The third kappa shape index (κ3) is 5.19. The van der Waals surface area contributed by atoms with Crippen LogP contribution >= 0.6 is 22.9 Å². The van der Waals surface area contributed by atoms with Crippen molar-refractivity contribution < 1.29 is 9.18 Å². The zero-order valence-electron chi connectivity index (χ0n) is 20.3. The number of halogens is 2. The predicted octanol–water partition coefficient (Wildman–Crippen LogP) is 6.01. The lowest BCUT2D eigenvalue weighted by Crippen LogP contribution is -2.36. The fraction of sp³-hybridized carbons (Fsp3) is 0.480. The number of hydrogen-bond acceptors (Lipinski definition) is 5. The number of carbonyl (C=O) groups is 1. The summed E-state index contributed by atoms with van der Waals surface area (Å²) < 4.78 is 16.2. The lowest BCUT2D eigenvalue weighted by molar-refractivity contribution is -0.117. The quantitative estimate of drug-likeness (QED) is 0.457. The van der Waals surface area contributed by atoms with Gasteiger partial charge in [-0.25, -0.2) is 9.37 Å². The first kappa shape index (κ1) is 24.8. The third-order valence-electron chi connectivity index (χ3n) is 6.07. The zero-order valence-corrected chi connectivity index (χ0v) is 21.9. The van der Waals surface area contributed by atoms with Crippen molar-refractivity contribution in [2.75, 3.05) is 5.32 Å². The highest BCUT2D eigenvalue weighted by Gasteiger charge is 2.41. The number of benzene rings is 1. The summed E-state index contributed by atoms with van der Waals surface area (Å²) in [4.78, 5) is 17.8. The Morgan fingerprint density at radius 3 is 2.56 bits per heavy atom. The van der Waals surface area contributed by atoms with E-state index in [2.05, 4.69) is 57.2 Å². The fourth-order valence-corrected chi connectivity index (χ4v) is 5.13. The summed E-state index contributed by atoms with van der Waals surface area (Å²) in [6, 6.07) is 6.00. The maximum absolute atomic E-state index is 14.3. The van der Waals surface area contributed by atoms with Gasteiger partial charge in [-0.3, -0.25) is 14.8 Å². The van der Waals surface area contributed by atoms with Crippen molar-refractivity contribution in [1.82, 2.24) is 20.1 Å². The van der Waals surface area contributed by atoms with Crippen LogP contribution in [0.4, 0.5) is 9.52 Å². The Morgan fingerprint density at radius 1 is 1.24 bits per heavy atom. The summed E-state index contributed by atoms with van der Waals surface area (Å²) in [5.74, 6) is -0.751. The van der Waals surface area contributed by atoms with E-state index in [-0.39, 0.29) is 33.8 Å². The van der Waals surface area contributed by atoms with Crippen molar-refractivity contribution in [2.24, 2.45) is 0 Å². The van der Waals surface area contributed by atoms with Crippen molar-refractivity contribution in [3.8, 4) is 0 Å². The molecule has 1 aliphatic rings. The first-order chi connectivity index (χ1) is 15.8. The molecule has 9 heteroatoms. The van der Waals surface area contributed by atoms with Crippen LogP contribution in [0.15, 0.2) is 35.8 Å². The Bertz CT molecular complexity index is 1190. The van der Waals surface area contributed by atoms with Gasteiger partial charge in [-0.05, 0) is 51.0 Å². The molecule has 4 rings (SSSR count). The second-order valence-corrected chi connectivity index (χ2v) is 12.1. The van der Waals surface area contributed by atoms with Crippen molar-refractivity contribution in [3.05, 3.63) is 63.6 Å². The molecule has 3 heterocycles. The van der Waals surface area contributed by atoms with Gasteiger partial charge in [0.25, 0.3) is 0 Å². The van der Waals surface area contributed by atoms with E-state index in [1.807, 2.05) is 22.3 Å². The van der Waals surface area contributed by atoms with Gasteiger partial charge in [-0.15, -0.1) is 11.3 Å². The molecule has 6 nitrogen and oxygen atoms in total. The third-order valence-corrected chi connectivity index (χ3v) is 7.14. The molecule has 2 N–H and O–H groups in total. The second-order valence-electron chi connectivity index (χ2n) is 10.8. The Kier molecular flexibility index (Phi) is 6.61. The highest BCUT2D eigenvalue weighted by Crippen LogP contribution is 2.41. The van der Waals surface area contributed by atoms with Gasteiger partial charge in [0, 0.05) is 29.0 Å². The van der Waals surface area contributed by atoms with Crippen LogP contribution in [0.3, 0.4) is 0 Å². The first-order valence-electron chi connectivity index (χ1n) is 11.4. The van der Waals surface area contributed by atoms with E-state index >= 15 is 0 Å². The van der Waals surface area contributed by atoms with Gasteiger partial charge in [0.1, 0.15) is 5.82 Å². The normalized spacial score (nSPS) is 21.1. The minimum atomic E-state index is -0.481. The molecule has 182 valence electrons. The molecule has 1 saturated heterocycles. The number of aromatic nitrogens is 3. The van der Waals surface area contributed by atoms with Crippen molar-refractivity contribution >= 4 is 34.0 Å². The second kappa shape index (κ2) is 9.06. The molecule has 3 atom stereocenters. The minimum absolute atomic E-state index is 0.0722. The van der Waals surface area contributed by atoms with Crippen molar-refractivity contribution in [3.63, 3.8) is 0 Å². The number of anilines is 1. The summed E-state index contributed by atoms with van der Waals surface area (Å²) in [6.07, 6.45) is 2.48. The van der Waals surface area contributed by atoms with E-state index < -0.39 is 11.9 Å². The first-order valence-corrected chi connectivity index (χ1v) is 12.6. The molecule has 34 heavy (non-hydrogen) atoms. The van der Waals surface area contributed by atoms with E-state index in [1.54, 1.807) is 12.1 Å². The van der Waals surface area contributed by atoms with Gasteiger partial charge >= 0.3 is 0 Å². The topological polar surface area (TPSA) is 71.8 Å². The highest BCUT2D eigenvalue weighted by atomic mass is 35.5. The molecule has 1 fully saturated rings. The van der Waals surface area contributed by atoms with Gasteiger partial charge in [0.05, 0.1) is 28.0 Å². The number of hydrogen-bond donors (Lipinski definition) is 2. The Balaban J connectivity index is 1.60. The van der Waals surface area contributed by atoms with E-state index in [1.165, 1.54) is 17.4 Å². The van der Waals surface area contributed by atoms with Crippen LogP contribution in [0.2, 0.25) is 5.02 Å². The molecule has 3 aromatic rings. The molecule has 1 aromatic carbocycles. The predicted molar refractivity (Wildman–Crippen MR) is 135 cm³/mol. The van der Waals surface area contributed by atoms with Crippen LogP contribution in [-0.2, 0) is 15.7 Å². The number of amides is 1. The molecule has 0 spiro atoms. The average molecular weight is 504 g/mol. The molecule has 0 bridgehead atoms. The lowest BCUT2D eigenvalue weighted by atomic mass is 9.90. The molecule has 1 amide bonds. The number of thiazole rings is 1. The molecular formula is C25H31ClFN5OS. The summed E-state index contributed by atoms with van der Waals surface area (Å²) in [5, 5.41) is 13.8. The van der Waals surface area contributed by atoms with Gasteiger partial charge in [-0.2, -0.15) is 5.10 Å². The van der Waals surface area contributed by atoms with Crippen molar-refractivity contribution in [1.29, 1.82) is 0 Å². The molecular weight excluding hydrogens is 473 g/mol. The van der Waals surface area contributed by atoms with Crippen LogP contribution < -0.4 is 10.6 Å². The van der Waals surface area contributed by atoms with E-state index in [0.29, 0.717) is 11.6 Å². The SMILES string of the molecule is CC(C)(C)c1csc(NC(=O)[C@@H]2CC(c3ccn(C(C)(C)C)n3)[C@H](c3ccc(Cl)c(F)c3)N2)n1. The monoisotopic (exact) mass is 503 g/mol. The fourth-order valence-electron chi connectivity index (χ4n) is 4.08. The van der Waals surface area contributed by atoms with E-state index in [9.17, 15) is 9.18 Å². The Morgan fingerprint density at radius 2 is 1.97 bits per heavy atom. The number of nitrogens with zero attached hydrogens (tertiary/aromatic N) is 3. The standard InChI is InChI=1S/C25H31ClFN5OS/c1-24(2,3)20-13-34-23(29-20)30-22(33)19-12-15(18-9-10-32(31-18)25(4,5)6)21(28-19)14-7-8-16(26)17(27)11-14/h7-11,13,15,19,21,28H,12H2,1-6H3,(H,29,30,33)/t15?,19-,21-/m0/s1. The number of carbonyl (C=O) groups excluding carboxylic acids is 1. The van der Waals surface area contributed by atoms with Gasteiger partial charge in [-0.1, -0.05) is 38.4 Å². The summed E-state index contributed by atoms with van der Waals surface area (Å²) >= 11 is 7.33. The molecule has 1 unspecified atom stereocenters. The van der Waals surface area contributed by atoms with Gasteiger partial charge in [0.2, 0.25) is 5.91 Å². The summed E-state index contributed by atoms with van der Waals surface area (Å²) in [6.45, 7) is 12.5. The Labute approximate surface area is 208 Å². The molecule has 2 aromatic heterocycles. The zero-order chi connectivity index (χ0) is 24.8. The van der Waals surface area contributed by atoms with Crippen LogP contribution in [0.25, 0.3) is 0 Å². The van der Waals surface area contributed by atoms with Gasteiger partial charge < -0.3 is 5.32 Å². The van der Waals surface area contributed by atoms with Crippen LogP contribution in [-0.4, -0.2) is 26.7 Å². The number of rotatable bonds is 4. The van der Waals surface area contributed by atoms with E-state index in [4.69, 9.17) is 16.7 Å². The average Bonchev–Trinajstić information content (AvgIpc) is 3.47. The largest absolute Gasteiger partial charge is 0.301 e. The number of nitrogens with one attached hydrogen (secondary N) is 2. The summed E-state index contributed by atoms with van der Waals surface area (Å²) in [5.41, 5.74) is 2.27. The molecule has 1 aliphatic heterocycles. The summed E-state index contributed by atoms with van der Waals surface area (Å²) in [7, 11) is 0. The smallest absolute Gasteiger partial charge is 0.243 e. The minimum Gasteiger partial charge on any atom is -0.301 e. The maximum atomic E-state index is 14.3. The van der Waals surface area contributed by atoms with Crippen molar-refractivity contribution in [2.45, 2.75) is 76.9 Å². The molecule has 0 aliphatic carbocycles. The van der Waals surface area contributed by atoms with E-state index in [0.717, 1.165) is 17.0 Å². The Hall–Kier alpha value is -2.29. The van der Waals surface area contributed by atoms with Crippen LogP contribution in [0.5, 0.6) is 0 Å². The van der Waals surface area contributed by atoms with Crippen LogP contribution in [0, 0.1) is 5.82 Å². The maximum Gasteiger partial charge on any atom is 0.243 e.